The first-order chi connectivity index (χ1) is 9.13. The number of hydrogen-bond donors (Lipinski definition) is 2. The molecule has 0 fully saturated rings. The minimum atomic E-state index is 0.726. The molecule has 1 aromatic rings. The molecule has 0 saturated heterocycles. The lowest BCUT2D eigenvalue weighted by Crippen LogP contribution is -2.24. The second kappa shape index (κ2) is 9.34. The Balaban J connectivity index is 2.14. The molecule has 19 heavy (non-hydrogen) atoms. The summed E-state index contributed by atoms with van der Waals surface area (Å²) in [6, 6.07) is 6.18. The first kappa shape index (κ1) is 16.5. The van der Waals surface area contributed by atoms with Gasteiger partial charge >= 0.3 is 0 Å². The smallest absolute Gasteiger partial charge is 0.133 e. The first-order valence-electron chi connectivity index (χ1n) is 6.87. The summed E-state index contributed by atoms with van der Waals surface area (Å²) < 4.78 is 6.22. The van der Waals surface area contributed by atoms with E-state index in [1.54, 1.807) is 7.11 Å². The summed E-state index contributed by atoms with van der Waals surface area (Å²) in [7, 11) is 1.68. The van der Waals surface area contributed by atoms with Gasteiger partial charge in [0.1, 0.15) is 5.75 Å². The van der Waals surface area contributed by atoms with Crippen molar-refractivity contribution in [3.05, 3.63) is 28.2 Å². The lowest BCUT2D eigenvalue weighted by molar-refractivity contribution is 0.412. The molecule has 1 rings (SSSR count). The van der Waals surface area contributed by atoms with Crippen LogP contribution in [0, 0.1) is 5.92 Å². The van der Waals surface area contributed by atoms with Gasteiger partial charge in [-0.3, -0.25) is 0 Å². The molecule has 0 bridgehead atoms. The van der Waals surface area contributed by atoms with E-state index in [0.29, 0.717) is 0 Å². The van der Waals surface area contributed by atoms with Gasteiger partial charge in [-0.1, -0.05) is 19.9 Å². The van der Waals surface area contributed by atoms with Crippen LogP contribution in [0.25, 0.3) is 0 Å². The molecule has 0 amide bonds. The second-order valence-corrected chi connectivity index (χ2v) is 5.95. The molecule has 108 valence electrons. The molecule has 0 radical (unpaired) electrons. The average molecular weight is 329 g/mol. The highest BCUT2D eigenvalue weighted by Gasteiger charge is 2.00. The minimum absolute atomic E-state index is 0.726. The van der Waals surface area contributed by atoms with E-state index < -0.39 is 0 Å². The van der Waals surface area contributed by atoms with Crippen LogP contribution in [0.3, 0.4) is 0 Å². The maximum atomic E-state index is 5.21. The van der Waals surface area contributed by atoms with E-state index >= 15 is 0 Å². The molecule has 4 heteroatoms. The van der Waals surface area contributed by atoms with Crippen molar-refractivity contribution in [2.75, 3.05) is 26.7 Å². The van der Waals surface area contributed by atoms with Crippen molar-refractivity contribution in [1.29, 1.82) is 0 Å². The zero-order valence-electron chi connectivity index (χ0n) is 12.1. The third kappa shape index (κ3) is 6.95. The van der Waals surface area contributed by atoms with Crippen molar-refractivity contribution in [1.82, 2.24) is 10.6 Å². The summed E-state index contributed by atoms with van der Waals surface area (Å²) in [6.07, 6.45) is 1.16. The van der Waals surface area contributed by atoms with E-state index in [1.807, 2.05) is 6.07 Å². The maximum absolute atomic E-state index is 5.21. The van der Waals surface area contributed by atoms with E-state index in [-0.39, 0.29) is 0 Å². The number of nitrogens with one attached hydrogen (secondary N) is 2. The molecule has 3 nitrogen and oxygen atoms in total. The van der Waals surface area contributed by atoms with E-state index in [1.165, 1.54) is 5.56 Å². The van der Waals surface area contributed by atoms with Crippen LogP contribution in [0.2, 0.25) is 0 Å². The molecule has 0 spiro atoms. The summed E-state index contributed by atoms with van der Waals surface area (Å²) in [5.74, 6) is 1.60. The fourth-order valence-electron chi connectivity index (χ4n) is 1.78. The largest absolute Gasteiger partial charge is 0.496 e. The van der Waals surface area contributed by atoms with Gasteiger partial charge in [0, 0.05) is 6.54 Å². The minimum Gasteiger partial charge on any atom is -0.496 e. The Hall–Kier alpha value is -0.580. The fourth-order valence-corrected chi connectivity index (χ4v) is 2.37. The lowest BCUT2D eigenvalue weighted by Gasteiger charge is -2.09. The van der Waals surface area contributed by atoms with Crippen molar-refractivity contribution in [2.45, 2.75) is 26.8 Å². The summed E-state index contributed by atoms with van der Waals surface area (Å²) in [4.78, 5) is 0. The van der Waals surface area contributed by atoms with Gasteiger partial charge in [-0.15, -0.1) is 0 Å². The number of methoxy groups -OCH3 is 1. The van der Waals surface area contributed by atoms with Gasteiger partial charge in [0.15, 0.2) is 0 Å². The van der Waals surface area contributed by atoms with Gasteiger partial charge in [0.05, 0.1) is 11.6 Å². The Morgan fingerprint density at radius 2 is 1.95 bits per heavy atom. The molecule has 0 aliphatic heterocycles. The second-order valence-electron chi connectivity index (χ2n) is 5.10. The number of halogens is 1. The number of benzene rings is 1. The van der Waals surface area contributed by atoms with Crippen molar-refractivity contribution < 1.29 is 4.74 Å². The molecule has 0 atom stereocenters. The first-order valence-corrected chi connectivity index (χ1v) is 7.66. The Labute approximate surface area is 125 Å². The molecule has 2 N–H and O–H groups in total. The highest BCUT2D eigenvalue weighted by Crippen LogP contribution is 2.25. The van der Waals surface area contributed by atoms with Crippen LogP contribution >= 0.6 is 15.9 Å². The SMILES string of the molecule is COc1ccc(CNCCCNCC(C)C)cc1Br. The topological polar surface area (TPSA) is 33.3 Å². The van der Waals surface area contributed by atoms with E-state index in [2.05, 4.69) is 52.5 Å². The Kier molecular flexibility index (Phi) is 8.10. The van der Waals surface area contributed by atoms with Crippen LogP contribution in [0.15, 0.2) is 22.7 Å². The molecule has 0 heterocycles. The summed E-state index contributed by atoms with van der Waals surface area (Å²) >= 11 is 3.50. The van der Waals surface area contributed by atoms with E-state index in [4.69, 9.17) is 4.74 Å². The highest BCUT2D eigenvalue weighted by molar-refractivity contribution is 9.10. The normalized spacial score (nSPS) is 11.0. The van der Waals surface area contributed by atoms with Crippen molar-refractivity contribution in [3.63, 3.8) is 0 Å². The van der Waals surface area contributed by atoms with Gasteiger partial charge in [0.25, 0.3) is 0 Å². The van der Waals surface area contributed by atoms with Crippen LogP contribution in [0.1, 0.15) is 25.8 Å². The number of ether oxygens (including phenoxy) is 1. The van der Waals surface area contributed by atoms with Crippen molar-refractivity contribution >= 4 is 15.9 Å². The molecular weight excluding hydrogens is 304 g/mol. The summed E-state index contributed by atoms with van der Waals surface area (Å²) in [6.45, 7) is 8.57. The molecule has 0 aliphatic carbocycles. The Morgan fingerprint density at radius 3 is 2.58 bits per heavy atom. The van der Waals surface area contributed by atoms with Crippen molar-refractivity contribution in [2.24, 2.45) is 5.92 Å². The van der Waals surface area contributed by atoms with Crippen LogP contribution in [-0.4, -0.2) is 26.7 Å². The Morgan fingerprint density at radius 1 is 1.21 bits per heavy atom. The van der Waals surface area contributed by atoms with Gasteiger partial charge in [0.2, 0.25) is 0 Å². The zero-order valence-corrected chi connectivity index (χ0v) is 13.7. The molecule has 0 unspecified atom stereocenters. The zero-order chi connectivity index (χ0) is 14.1. The predicted octanol–water partition coefficient (Wildman–Crippen LogP) is 3.18. The fraction of sp³-hybridized carbons (Fsp3) is 0.600. The molecule has 1 aromatic carbocycles. The van der Waals surface area contributed by atoms with Crippen LogP contribution < -0.4 is 15.4 Å². The van der Waals surface area contributed by atoms with Crippen molar-refractivity contribution in [3.8, 4) is 5.75 Å². The average Bonchev–Trinajstić information content (AvgIpc) is 2.37. The van der Waals surface area contributed by atoms with Crippen LogP contribution in [-0.2, 0) is 6.54 Å². The van der Waals surface area contributed by atoms with Gasteiger partial charge in [-0.05, 0) is 65.6 Å². The quantitative estimate of drug-likeness (QED) is 0.683. The summed E-state index contributed by atoms with van der Waals surface area (Å²) in [5, 5.41) is 6.90. The van der Waals surface area contributed by atoms with Gasteiger partial charge < -0.3 is 15.4 Å². The van der Waals surface area contributed by atoms with Crippen LogP contribution in [0.5, 0.6) is 5.75 Å². The number of rotatable bonds is 9. The molecule has 0 aliphatic rings. The molecular formula is C15H25BrN2O. The third-order valence-electron chi connectivity index (χ3n) is 2.81. The maximum Gasteiger partial charge on any atom is 0.133 e. The van der Waals surface area contributed by atoms with Gasteiger partial charge in [-0.2, -0.15) is 0 Å². The van der Waals surface area contributed by atoms with E-state index in [0.717, 1.165) is 48.7 Å². The summed E-state index contributed by atoms with van der Waals surface area (Å²) in [5.41, 5.74) is 1.27. The standard InChI is InChI=1S/C15H25BrN2O/c1-12(2)10-17-7-4-8-18-11-13-5-6-15(19-3)14(16)9-13/h5-6,9,12,17-18H,4,7-8,10-11H2,1-3H3. The monoisotopic (exact) mass is 328 g/mol. The third-order valence-corrected chi connectivity index (χ3v) is 3.42. The van der Waals surface area contributed by atoms with Gasteiger partial charge in [-0.25, -0.2) is 0 Å². The van der Waals surface area contributed by atoms with Crippen LogP contribution in [0.4, 0.5) is 0 Å². The number of hydrogen-bond acceptors (Lipinski definition) is 3. The lowest BCUT2D eigenvalue weighted by atomic mass is 10.2. The predicted molar refractivity (Wildman–Crippen MR) is 84.7 cm³/mol. The molecule has 0 aromatic heterocycles. The molecule has 0 saturated carbocycles. The highest BCUT2D eigenvalue weighted by atomic mass is 79.9. The van der Waals surface area contributed by atoms with E-state index in [9.17, 15) is 0 Å². The Bertz CT molecular complexity index is 369.